The second-order valence-corrected chi connectivity index (χ2v) is 10.9. The fourth-order valence-corrected chi connectivity index (χ4v) is 8.25. The molecule has 7 rings (SSSR count). The maximum atomic E-state index is 3.93. The molecule has 2 aromatic carbocycles. The molecule has 0 nitrogen and oxygen atoms in total. The Morgan fingerprint density at radius 3 is 2.33 bits per heavy atom. The van der Waals surface area contributed by atoms with Gasteiger partial charge in [-0.05, 0) is 90.5 Å². The number of allylic oxidation sites excluding steroid dienone is 1. The topological polar surface area (TPSA) is 0 Å². The van der Waals surface area contributed by atoms with Gasteiger partial charge < -0.3 is 0 Å². The normalized spacial score (nSPS) is 34.6. The Hall–Kier alpha value is -1.02. The highest BCUT2D eigenvalue weighted by molar-refractivity contribution is 9.10. The van der Waals surface area contributed by atoms with E-state index in [9.17, 15) is 0 Å². The van der Waals surface area contributed by atoms with Crippen LogP contribution in [0.2, 0.25) is 6.32 Å². The van der Waals surface area contributed by atoms with E-state index in [1.54, 1.807) is 16.4 Å². The van der Waals surface area contributed by atoms with Crippen LogP contribution in [-0.4, -0.2) is 6.71 Å². The van der Waals surface area contributed by atoms with Crippen LogP contribution in [0.4, 0.5) is 0 Å². The average molecular weight is 419 g/mol. The van der Waals surface area contributed by atoms with Gasteiger partial charge in [0.1, 0.15) is 0 Å². The van der Waals surface area contributed by atoms with Gasteiger partial charge in [-0.3, -0.25) is 0 Å². The fraction of sp³-hybridized carbons (Fsp3) is 0.520. The van der Waals surface area contributed by atoms with Gasteiger partial charge >= 0.3 is 0 Å². The lowest BCUT2D eigenvalue weighted by Gasteiger charge is -2.57. The molecule has 2 aromatic rings. The van der Waals surface area contributed by atoms with Crippen molar-refractivity contribution in [3.63, 3.8) is 0 Å². The Labute approximate surface area is 172 Å². The molecule has 4 fully saturated rings. The average Bonchev–Trinajstić information content (AvgIpc) is 2.67. The van der Waals surface area contributed by atoms with Gasteiger partial charge in [0.05, 0.1) is 0 Å². The zero-order chi connectivity index (χ0) is 18.0. The Morgan fingerprint density at radius 1 is 0.926 bits per heavy atom. The lowest BCUT2D eigenvalue weighted by molar-refractivity contribution is -0.00449. The molecule has 0 unspecified atom stereocenters. The van der Waals surface area contributed by atoms with Gasteiger partial charge in [0.15, 0.2) is 0 Å². The lowest BCUT2D eigenvalue weighted by Crippen LogP contribution is -2.48. The van der Waals surface area contributed by atoms with Gasteiger partial charge in [-0.15, -0.1) is 5.98 Å². The third-order valence-corrected chi connectivity index (χ3v) is 8.95. The van der Waals surface area contributed by atoms with E-state index in [0.717, 1.165) is 17.8 Å². The zero-order valence-corrected chi connectivity index (χ0v) is 17.7. The molecule has 0 spiro atoms. The van der Waals surface area contributed by atoms with Gasteiger partial charge in [-0.2, -0.15) is 0 Å². The molecule has 0 atom stereocenters. The van der Waals surface area contributed by atoms with Crippen molar-refractivity contribution in [2.75, 3.05) is 0 Å². The summed E-state index contributed by atoms with van der Waals surface area (Å²) in [5.41, 5.74) is 3.69. The van der Waals surface area contributed by atoms with Crippen LogP contribution >= 0.6 is 15.9 Å². The van der Waals surface area contributed by atoms with Crippen molar-refractivity contribution in [1.82, 2.24) is 0 Å². The van der Waals surface area contributed by atoms with Crippen LogP contribution in [-0.2, 0) is 5.41 Å². The SMILES string of the molecule is Brc1ccc(C23CC4CC(CC(C4)C2)C3)c2cccc(B3C=CCCC3)c12. The first-order valence-corrected chi connectivity index (χ1v) is 11.9. The monoisotopic (exact) mass is 418 g/mol. The first-order chi connectivity index (χ1) is 13.2. The molecule has 0 saturated heterocycles. The highest BCUT2D eigenvalue weighted by Crippen LogP contribution is 2.61. The minimum absolute atomic E-state index is 0.467. The molecule has 2 heteroatoms. The fourth-order valence-electron chi connectivity index (χ4n) is 7.67. The van der Waals surface area contributed by atoms with Crippen molar-refractivity contribution in [1.29, 1.82) is 0 Å². The van der Waals surface area contributed by atoms with Crippen molar-refractivity contribution >= 4 is 38.9 Å². The minimum Gasteiger partial charge on any atom is -0.114 e. The first kappa shape index (κ1) is 16.9. The number of rotatable bonds is 2. The Balaban J connectivity index is 1.54. The van der Waals surface area contributed by atoms with E-state index in [1.165, 1.54) is 67.5 Å². The molecule has 4 aliphatic carbocycles. The molecule has 5 aliphatic rings. The van der Waals surface area contributed by atoms with Gasteiger partial charge in [0.2, 0.25) is 6.71 Å². The number of halogens is 1. The van der Waals surface area contributed by atoms with Crippen LogP contribution in [0.3, 0.4) is 0 Å². The van der Waals surface area contributed by atoms with Crippen LogP contribution in [0.15, 0.2) is 46.9 Å². The predicted octanol–water partition coefficient (Wildman–Crippen LogP) is 6.66. The highest BCUT2D eigenvalue weighted by atomic mass is 79.9. The standard InChI is InChI=1S/C25H28BBr/c27-23-8-7-21(25-14-17-11-18(15-25)13-19(12-17)16-25)20-5-4-6-22(24(20)23)26-9-2-1-3-10-26/h2,4-9,17-19H,1,3,10-16H2. The van der Waals surface area contributed by atoms with E-state index in [-0.39, 0.29) is 0 Å². The Kier molecular flexibility index (Phi) is 3.91. The molecule has 0 N–H and O–H groups in total. The molecule has 138 valence electrons. The first-order valence-electron chi connectivity index (χ1n) is 11.1. The van der Waals surface area contributed by atoms with E-state index in [1.807, 2.05) is 0 Å². The summed E-state index contributed by atoms with van der Waals surface area (Å²) in [5.74, 6) is 5.46. The summed E-state index contributed by atoms with van der Waals surface area (Å²) in [5, 5.41) is 3.05. The van der Waals surface area contributed by atoms with Crippen LogP contribution in [0, 0.1) is 17.8 Å². The molecule has 0 aromatic heterocycles. The predicted molar refractivity (Wildman–Crippen MR) is 120 cm³/mol. The van der Waals surface area contributed by atoms with E-state index in [0.29, 0.717) is 12.1 Å². The number of hydrogen-bond acceptors (Lipinski definition) is 0. The van der Waals surface area contributed by atoms with E-state index in [4.69, 9.17) is 0 Å². The molecule has 4 saturated carbocycles. The molecule has 0 amide bonds. The maximum absolute atomic E-state index is 3.93. The molecule has 4 bridgehead atoms. The number of fused-ring (bicyclic) bond motifs is 1. The molecule has 0 radical (unpaired) electrons. The van der Waals surface area contributed by atoms with E-state index in [2.05, 4.69) is 58.3 Å². The smallest absolute Gasteiger partial charge is 0.114 e. The Morgan fingerprint density at radius 2 is 1.67 bits per heavy atom. The summed E-state index contributed by atoms with van der Waals surface area (Å²) in [6.07, 6.45) is 15.2. The van der Waals surface area contributed by atoms with Crippen LogP contribution < -0.4 is 5.46 Å². The summed E-state index contributed by atoms with van der Waals surface area (Å²) < 4.78 is 1.29. The van der Waals surface area contributed by atoms with Gasteiger partial charge in [-0.25, -0.2) is 0 Å². The molecule has 1 heterocycles. The molecule has 27 heavy (non-hydrogen) atoms. The minimum atomic E-state index is 0.467. The van der Waals surface area contributed by atoms with Gasteiger partial charge in [0.25, 0.3) is 0 Å². The van der Waals surface area contributed by atoms with Crippen molar-refractivity contribution in [3.05, 3.63) is 52.4 Å². The van der Waals surface area contributed by atoms with Crippen LogP contribution in [0.25, 0.3) is 10.8 Å². The zero-order valence-electron chi connectivity index (χ0n) is 16.1. The largest absolute Gasteiger partial charge is 0.201 e. The summed E-state index contributed by atoms with van der Waals surface area (Å²) in [7, 11) is 0. The summed E-state index contributed by atoms with van der Waals surface area (Å²) in [6.45, 7) is 0.588. The van der Waals surface area contributed by atoms with Crippen molar-refractivity contribution < 1.29 is 0 Å². The second-order valence-electron chi connectivity index (χ2n) is 10.0. The number of hydrogen-bond donors (Lipinski definition) is 0. The van der Waals surface area contributed by atoms with Crippen LogP contribution in [0.5, 0.6) is 0 Å². The van der Waals surface area contributed by atoms with Crippen molar-refractivity contribution in [3.8, 4) is 0 Å². The number of benzene rings is 2. The lowest BCUT2D eigenvalue weighted by atomic mass is 9.40. The van der Waals surface area contributed by atoms with Crippen LogP contribution in [0.1, 0.15) is 56.9 Å². The molecular formula is C25H28BBr. The highest BCUT2D eigenvalue weighted by Gasteiger charge is 2.52. The van der Waals surface area contributed by atoms with Crippen molar-refractivity contribution in [2.45, 2.75) is 63.1 Å². The molecule has 1 aliphatic heterocycles. The second kappa shape index (κ2) is 6.24. The van der Waals surface area contributed by atoms with E-state index < -0.39 is 0 Å². The summed E-state index contributed by atoms with van der Waals surface area (Å²) in [4.78, 5) is 0. The van der Waals surface area contributed by atoms with E-state index >= 15 is 0 Å². The third kappa shape index (κ3) is 2.62. The Bertz CT molecular complexity index is 892. The van der Waals surface area contributed by atoms with Crippen molar-refractivity contribution in [2.24, 2.45) is 17.8 Å². The molecular weight excluding hydrogens is 391 g/mol. The quantitative estimate of drug-likeness (QED) is 0.478. The van der Waals surface area contributed by atoms with Gasteiger partial charge in [-0.1, -0.05) is 64.5 Å². The van der Waals surface area contributed by atoms with Gasteiger partial charge in [0, 0.05) is 4.47 Å². The third-order valence-electron chi connectivity index (χ3n) is 8.29. The maximum Gasteiger partial charge on any atom is 0.201 e. The summed E-state index contributed by atoms with van der Waals surface area (Å²) >= 11 is 3.93. The summed E-state index contributed by atoms with van der Waals surface area (Å²) in [6, 6.07) is 12.0.